The Hall–Kier alpha value is -3.74. The zero-order valence-corrected chi connectivity index (χ0v) is 22.4. The Bertz CT molecular complexity index is 1350. The van der Waals surface area contributed by atoms with Gasteiger partial charge in [-0.2, -0.15) is 5.26 Å². The second kappa shape index (κ2) is 12.5. The summed E-state index contributed by atoms with van der Waals surface area (Å²) in [6.45, 7) is 0.349. The molecule has 188 valence electrons. The van der Waals surface area contributed by atoms with Gasteiger partial charge in [-0.1, -0.05) is 64.1 Å². The van der Waals surface area contributed by atoms with Crippen LogP contribution < -0.4 is 20.1 Å². The molecule has 1 unspecified atom stereocenters. The molecule has 0 spiro atoms. The highest BCUT2D eigenvalue weighted by Gasteiger charge is 2.30. The van der Waals surface area contributed by atoms with E-state index in [1.54, 1.807) is 25.3 Å². The van der Waals surface area contributed by atoms with Crippen molar-refractivity contribution in [3.63, 3.8) is 0 Å². The van der Waals surface area contributed by atoms with Gasteiger partial charge in [0.25, 0.3) is 0 Å². The summed E-state index contributed by atoms with van der Waals surface area (Å²) in [6, 6.07) is 24.6. The summed E-state index contributed by atoms with van der Waals surface area (Å²) in [5.41, 5.74) is 2.83. The Kier molecular flexibility index (Phi) is 8.88. The summed E-state index contributed by atoms with van der Waals surface area (Å²) in [7, 11) is 1.56. The van der Waals surface area contributed by atoms with Gasteiger partial charge in [0.05, 0.1) is 29.5 Å². The first-order valence-electron chi connectivity index (χ1n) is 11.4. The number of amides is 2. The average Bonchev–Trinajstić information content (AvgIpc) is 2.92. The topological polar surface area (TPSA) is 100 Å². The fourth-order valence-corrected chi connectivity index (χ4v) is 4.99. The summed E-state index contributed by atoms with van der Waals surface area (Å²) in [5.74, 6) is 0.187. The predicted octanol–water partition coefficient (Wildman–Crippen LogP) is 5.75. The van der Waals surface area contributed by atoms with Gasteiger partial charge in [0.2, 0.25) is 11.8 Å². The number of nitrogens with one attached hydrogen (secondary N) is 2. The lowest BCUT2D eigenvalue weighted by atomic mass is 9.87. The molecule has 1 aliphatic rings. The maximum atomic E-state index is 12.6. The molecule has 1 heterocycles. The first-order chi connectivity index (χ1) is 18.0. The number of thioether (sulfide) groups is 1. The van der Waals surface area contributed by atoms with Crippen molar-refractivity contribution in [3.8, 4) is 17.6 Å². The molecule has 0 aromatic heterocycles. The number of nitrogens with zero attached hydrogens (tertiary/aromatic N) is 1. The van der Waals surface area contributed by atoms with Gasteiger partial charge in [-0.25, -0.2) is 0 Å². The lowest BCUT2D eigenvalue weighted by molar-refractivity contribution is -0.121. The lowest BCUT2D eigenvalue weighted by Crippen LogP contribution is -2.31. The molecule has 0 bridgehead atoms. The molecule has 2 N–H and O–H groups in total. The average molecular weight is 578 g/mol. The summed E-state index contributed by atoms with van der Waals surface area (Å²) < 4.78 is 12.4. The minimum absolute atomic E-state index is 0.0393. The number of halogens is 1. The maximum absolute atomic E-state index is 12.6. The van der Waals surface area contributed by atoms with E-state index in [0.29, 0.717) is 34.4 Å². The van der Waals surface area contributed by atoms with E-state index in [1.165, 1.54) is 0 Å². The standard InChI is InChI=1S/C28H24BrN3O4S/c1-35-24-12-7-19(13-25(24)36-16-18-5-3-2-4-6-18)22-14-26(33)32-28(23(22)15-30)37-17-27(34)31-21-10-8-20(29)9-11-21/h2-13,22H,14,16-17H2,1H3,(H,31,34)(H,32,33). The molecular formula is C28H24BrN3O4S. The van der Waals surface area contributed by atoms with Crippen molar-refractivity contribution in [2.45, 2.75) is 18.9 Å². The van der Waals surface area contributed by atoms with E-state index in [-0.39, 0.29) is 24.0 Å². The van der Waals surface area contributed by atoms with Crippen LogP contribution in [0.2, 0.25) is 0 Å². The number of ether oxygens (including phenoxy) is 2. The fraction of sp³-hybridized carbons (Fsp3) is 0.179. The molecule has 0 radical (unpaired) electrons. The molecule has 0 saturated carbocycles. The first-order valence-corrected chi connectivity index (χ1v) is 13.2. The number of methoxy groups -OCH3 is 1. The van der Waals surface area contributed by atoms with E-state index in [2.05, 4.69) is 32.6 Å². The van der Waals surface area contributed by atoms with Crippen LogP contribution in [-0.2, 0) is 16.2 Å². The second-order valence-electron chi connectivity index (χ2n) is 8.19. The molecule has 1 aliphatic heterocycles. The van der Waals surface area contributed by atoms with Crippen LogP contribution in [0, 0.1) is 11.3 Å². The van der Waals surface area contributed by atoms with Crippen molar-refractivity contribution in [1.29, 1.82) is 5.26 Å². The maximum Gasteiger partial charge on any atom is 0.234 e. The molecule has 0 aliphatic carbocycles. The minimum atomic E-state index is -0.472. The molecule has 37 heavy (non-hydrogen) atoms. The van der Waals surface area contributed by atoms with Crippen LogP contribution in [0.4, 0.5) is 5.69 Å². The van der Waals surface area contributed by atoms with Gasteiger partial charge in [-0.3, -0.25) is 9.59 Å². The highest BCUT2D eigenvalue weighted by atomic mass is 79.9. The van der Waals surface area contributed by atoms with Crippen molar-refractivity contribution in [1.82, 2.24) is 5.32 Å². The van der Waals surface area contributed by atoms with Crippen LogP contribution >= 0.6 is 27.7 Å². The van der Waals surface area contributed by atoms with E-state index in [0.717, 1.165) is 27.4 Å². The van der Waals surface area contributed by atoms with Crippen molar-refractivity contribution >= 4 is 45.2 Å². The number of carbonyl (C=O) groups excluding carboxylic acids is 2. The monoisotopic (exact) mass is 577 g/mol. The number of carbonyl (C=O) groups is 2. The first kappa shape index (κ1) is 26.3. The predicted molar refractivity (Wildman–Crippen MR) is 147 cm³/mol. The summed E-state index contributed by atoms with van der Waals surface area (Å²) in [5, 5.41) is 16.0. The number of anilines is 1. The molecule has 0 fully saturated rings. The fourth-order valence-electron chi connectivity index (χ4n) is 3.84. The molecule has 7 nitrogen and oxygen atoms in total. The Morgan fingerprint density at radius 2 is 1.89 bits per heavy atom. The Morgan fingerprint density at radius 3 is 2.59 bits per heavy atom. The quantitative estimate of drug-likeness (QED) is 0.336. The summed E-state index contributed by atoms with van der Waals surface area (Å²) in [4.78, 5) is 25.1. The van der Waals surface area contributed by atoms with Crippen molar-refractivity contribution < 1.29 is 19.1 Å². The SMILES string of the molecule is COc1ccc(C2CC(=O)NC(SCC(=O)Nc3ccc(Br)cc3)=C2C#N)cc1OCc1ccccc1. The summed E-state index contributed by atoms with van der Waals surface area (Å²) >= 11 is 4.49. The third kappa shape index (κ3) is 6.94. The van der Waals surface area contributed by atoms with Crippen LogP contribution in [0.5, 0.6) is 11.5 Å². The van der Waals surface area contributed by atoms with Crippen molar-refractivity contribution in [2.75, 3.05) is 18.2 Å². The molecule has 2 amide bonds. The van der Waals surface area contributed by atoms with Gasteiger partial charge in [0, 0.05) is 22.5 Å². The summed E-state index contributed by atoms with van der Waals surface area (Å²) in [6.07, 6.45) is 0.114. The molecule has 3 aromatic carbocycles. The molecule has 9 heteroatoms. The number of allylic oxidation sites excluding steroid dienone is 1. The molecule has 0 saturated heterocycles. The second-order valence-corrected chi connectivity index (χ2v) is 10.1. The Morgan fingerprint density at radius 1 is 1.14 bits per heavy atom. The van der Waals surface area contributed by atoms with Crippen LogP contribution in [0.25, 0.3) is 0 Å². The van der Waals surface area contributed by atoms with E-state index < -0.39 is 5.92 Å². The number of hydrogen-bond donors (Lipinski definition) is 2. The zero-order chi connectivity index (χ0) is 26.2. The number of hydrogen-bond acceptors (Lipinski definition) is 6. The highest BCUT2D eigenvalue weighted by Crippen LogP contribution is 2.39. The number of benzene rings is 3. The van der Waals surface area contributed by atoms with E-state index in [4.69, 9.17) is 9.47 Å². The molecular weight excluding hydrogens is 554 g/mol. The van der Waals surface area contributed by atoms with Crippen LogP contribution in [0.15, 0.2) is 87.9 Å². The van der Waals surface area contributed by atoms with Gasteiger partial charge in [0.1, 0.15) is 6.61 Å². The Labute approximate surface area is 228 Å². The third-order valence-corrected chi connectivity index (χ3v) is 7.20. The number of nitriles is 1. The van der Waals surface area contributed by atoms with Gasteiger partial charge in [-0.15, -0.1) is 0 Å². The van der Waals surface area contributed by atoms with Crippen molar-refractivity contribution in [2.24, 2.45) is 0 Å². The lowest BCUT2D eigenvalue weighted by Gasteiger charge is -2.25. The Balaban J connectivity index is 1.52. The molecule has 1 atom stereocenters. The third-order valence-electron chi connectivity index (χ3n) is 5.66. The van der Waals surface area contributed by atoms with Gasteiger partial charge >= 0.3 is 0 Å². The minimum Gasteiger partial charge on any atom is -0.493 e. The van der Waals surface area contributed by atoms with Crippen molar-refractivity contribution in [3.05, 3.63) is 99.0 Å². The van der Waals surface area contributed by atoms with Gasteiger partial charge < -0.3 is 20.1 Å². The smallest absolute Gasteiger partial charge is 0.234 e. The van der Waals surface area contributed by atoms with Crippen LogP contribution in [-0.4, -0.2) is 24.7 Å². The van der Waals surface area contributed by atoms with E-state index >= 15 is 0 Å². The van der Waals surface area contributed by atoms with Gasteiger partial charge in [0.15, 0.2) is 11.5 Å². The highest BCUT2D eigenvalue weighted by molar-refractivity contribution is 9.10. The molecule has 3 aromatic rings. The van der Waals surface area contributed by atoms with Gasteiger partial charge in [-0.05, 0) is 47.5 Å². The number of rotatable bonds is 9. The molecule has 4 rings (SSSR count). The normalized spacial score (nSPS) is 14.9. The van der Waals surface area contributed by atoms with E-state index in [1.807, 2.05) is 54.6 Å². The zero-order valence-electron chi connectivity index (χ0n) is 20.0. The largest absolute Gasteiger partial charge is 0.493 e. The van der Waals surface area contributed by atoms with Crippen LogP contribution in [0.3, 0.4) is 0 Å². The van der Waals surface area contributed by atoms with E-state index in [9.17, 15) is 14.9 Å². The van der Waals surface area contributed by atoms with Crippen LogP contribution in [0.1, 0.15) is 23.5 Å².